The maximum atomic E-state index is 4.10. The maximum absolute atomic E-state index is 4.10. The number of para-hydroxylation sites is 1. The molecule has 3 nitrogen and oxygen atoms in total. The molecular weight excluding hydrogens is 198 g/mol. The van der Waals surface area contributed by atoms with Gasteiger partial charge in [0.15, 0.2) is 0 Å². The fourth-order valence-corrected chi connectivity index (χ4v) is 2.31. The summed E-state index contributed by atoms with van der Waals surface area (Å²) < 4.78 is 0. The summed E-state index contributed by atoms with van der Waals surface area (Å²) in [4.78, 5) is 8.20. The zero-order valence-corrected chi connectivity index (χ0v) is 8.93. The summed E-state index contributed by atoms with van der Waals surface area (Å²) in [7, 11) is 0. The van der Waals surface area contributed by atoms with E-state index in [1.54, 1.807) is 6.33 Å². The van der Waals surface area contributed by atoms with Crippen LogP contribution in [0.1, 0.15) is 23.5 Å². The van der Waals surface area contributed by atoms with E-state index >= 15 is 0 Å². The molecule has 3 heteroatoms. The second kappa shape index (κ2) is 3.93. The highest BCUT2D eigenvalue weighted by molar-refractivity contribution is 5.56. The highest BCUT2D eigenvalue weighted by Gasteiger charge is 2.21. The Hall–Kier alpha value is -1.90. The predicted molar refractivity (Wildman–Crippen MR) is 63.4 cm³/mol. The third-order valence-electron chi connectivity index (χ3n) is 3.07. The molecule has 0 spiro atoms. The van der Waals surface area contributed by atoms with E-state index in [-0.39, 0.29) is 0 Å². The van der Waals surface area contributed by atoms with Gasteiger partial charge in [0.25, 0.3) is 0 Å². The smallest absolute Gasteiger partial charge is 0.115 e. The van der Waals surface area contributed by atoms with E-state index in [1.807, 2.05) is 12.4 Å². The van der Waals surface area contributed by atoms with Crippen LogP contribution < -0.4 is 5.32 Å². The molecule has 2 heterocycles. The number of fused-ring (bicyclic) bond motifs is 1. The third-order valence-corrected chi connectivity index (χ3v) is 3.07. The van der Waals surface area contributed by atoms with Crippen molar-refractivity contribution in [3.8, 4) is 0 Å². The molecule has 1 atom stereocenters. The van der Waals surface area contributed by atoms with E-state index in [9.17, 15) is 0 Å². The minimum atomic E-state index is 0.429. The molecule has 0 fully saturated rings. The monoisotopic (exact) mass is 211 g/mol. The first kappa shape index (κ1) is 9.33. The van der Waals surface area contributed by atoms with Crippen LogP contribution in [-0.4, -0.2) is 16.5 Å². The van der Waals surface area contributed by atoms with Gasteiger partial charge in [0.2, 0.25) is 0 Å². The number of anilines is 1. The van der Waals surface area contributed by atoms with Crippen molar-refractivity contribution >= 4 is 5.69 Å². The highest BCUT2D eigenvalue weighted by Crippen LogP contribution is 2.35. The van der Waals surface area contributed by atoms with Crippen molar-refractivity contribution in [2.24, 2.45) is 0 Å². The third kappa shape index (κ3) is 1.54. The van der Waals surface area contributed by atoms with Crippen LogP contribution in [0.5, 0.6) is 0 Å². The molecule has 2 aromatic rings. The molecule has 1 N–H and O–H groups in total. The number of nitrogens with one attached hydrogen (secondary N) is 1. The van der Waals surface area contributed by atoms with Crippen LogP contribution in [0.4, 0.5) is 5.69 Å². The number of nitrogens with zero attached hydrogens (tertiary/aromatic N) is 2. The molecule has 0 amide bonds. The Kier molecular flexibility index (Phi) is 2.29. The number of benzene rings is 1. The molecule has 3 rings (SSSR count). The van der Waals surface area contributed by atoms with Gasteiger partial charge in [0, 0.05) is 30.5 Å². The topological polar surface area (TPSA) is 37.8 Å². The summed E-state index contributed by atoms with van der Waals surface area (Å²) in [5.74, 6) is 0.429. The van der Waals surface area contributed by atoms with Gasteiger partial charge in [0.05, 0.1) is 0 Å². The average molecular weight is 211 g/mol. The molecule has 1 unspecified atom stereocenters. The molecule has 1 aromatic carbocycles. The van der Waals surface area contributed by atoms with Crippen molar-refractivity contribution in [3.63, 3.8) is 0 Å². The second-order valence-corrected chi connectivity index (χ2v) is 4.03. The van der Waals surface area contributed by atoms with Gasteiger partial charge < -0.3 is 5.32 Å². The number of hydrogen-bond donors (Lipinski definition) is 1. The Labute approximate surface area is 94.6 Å². The van der Waals surface area contributed by atoms with E-state index in [0.29, 0.717) is 5.92 Å². The van der Waals surface area contributed by atoms with E-state index in [4.69, 9.17) is 0 Å². The molecule has 80 valence electrons. The SMILES string of the molecule is c1ccc2c(c1)NCCC2c1cncnc1. The quantitative estimate of drug-likeness (QED) is 0.787. The van der Waals surface area contributed by atoms with E-state index in [2.05, 4.69) is 39.6 Å². The zero-order valence-electron chi connectivity index (χ0n) is 8.93. The molecule has 0 bridgehead atoms. The first-order valence-electron chi connectivity index (χ1n) is 5.53. The van der Waals surface area contributed by atoms with Crippen molar-refractivity contribution in [3.05, 3.63) is 54.1 Å². The summed E-state index contributed by atoms with van der Waals surface area (Å²) in [6.07, 6.45) is 6.51. The van der Waals surface area contributed by atoms with Gasteiger partial charge in [-0.15, -0.1) is 0 Å². The first-order chi connectivity index (χ1) is 7.95. The Morgan fingerprint density at radius 1 is 1.12 bits per heavy atom. The number of hydrogen-bond acceptors (Lipinski definition) is 3. The lowest BCUT2D eigenvalue weighted by atomic mass is 9.87. The van der Waals surface area contributed by atoms with Crippen LogP contribution in [0.15, 0.2) is 43.0 Å². The van der Waals surface area contributed by atoms with Crippen molar-refractivity contribution in [1.29, 1.82) is 0 Å². The van der Waals surface area contributed by atoms with Gasteiger partial charge in [0.1, 0.15) is 6.33 Å². The van der Waals surface area contributed by atoms with Gasteiger partial charge in [-0.25, -0.2) is 9.97 Å². The Morgan fingerprint density at radius 2 is 1.94 bits per heavy atom. The van der Waals surface area contributed by atoms with Crippen molar-refractivity contribution in [2.45, 2.75) is 12.3 Å². The molecular formula is C13H13N3. The predicted octanol–water partition coefficient (Wildman–Crippen LogP) is 2.42. The number of rotatable bonds is 1. The fourth-order valence-electron chi connectivity index (χ4n) is 2.31. The molecule has 0 radical (unpaired) electrons. The normalized spacial score (nSPS) is 18.6. The van der Waals surface area contributed by atoms with Crippen molar-refractivity contribution in [2.75, 3.05) is 11.9 Å². The first-order valence-corrected chi connectivity index (χ1v) is 5.53. The standard InChI is InChI=1S/C13H13N3/c1-2-4-13-12(3-1)11(5-6-16-13)10-7-14-9-15-8-10/h1-4,7-9,11,16H,5-6H2. The fraction of sp³-hybridized carbons (Fsp3) is 0.231. The van der Waals surface area contributed by atoms with Crippen LogP contribution >= 0.6 is 0 Å². The minimum Gasteiger partial charge on any atom is -0.385 e. The van der Waals surface area contributed by atoms with Crippen LogP contribution in [0.25, 0.3) is 0 Å². The van der Waals surface area contributed by atoms with Crippen LogP contribution in [0.3, 0.4) is 0 Å². The summed E-state index contributed by atoms with van der Waals surface area (Å²) in [5, 5.41) is 3.42. The molecule has 0 saturated carbocycles. The molecule has 1 aliphatic heterocycles. The lowest BCUT2D eigenvalue weighted by Crippen LogP contribution is -2.17. The molecule has 0 aliphatic carbocycles. The molecule has 16 heavy (non-hydrogen) atoms. The number of aromatic nitrogens is 2. The summed E-state index contributed by atoms with van der Waals surface area (Å²) in [6, 6.07) is 8.46. The molecule has 0 saturated heterocycles. The van der Waals surface area contributed by atoms with Gasteiger partial charge in [-0.05, 0) is 23.6 Å². The van der Waals surface area contributed by atoms with Crippen LogP contribution in [-0.2, 0) is 0 Å². The van der Waals surface area contributed by atoms with Gasteiger partial charge in [-0.2, -0.15) is 0 Å². The van der Waals surface area contributed by atoms with Crippen molar-refractivity contribution < 1.29 is 0 Å². The largest absolute Gasteiger partial charge is 0.385 e. The lowest BCUT2D eigenvalue weighted by molar-refractivity contribution is 0.713. The van der Waals surface area contributed by atoms with Gasteiger partial charge in [-0.3, -0.25) is 0 Å². The maximum Gasteiger partial charge on any atom is 0.115 e. The summed E-state index contributed by atoms with van der Waals surface area (Å²) in [6.45, 7) is 1.01. The van der Waals surface area contributed by atoms with Crippen LogP contribution in [0.2, 0.25) is 0 Å². The molecule has 1 aliphatic rings. The van der Waals surface area contributed by atoms with Crippen molar-refractivity contribution in [1.82, 2.24) is 9.97 Å². The highest BCUT2D eigenvalue weighted by atomic mass is 14.9. The van der Waals surface area contributed by atoms with E-state index in [1.165, 1.54) is 16.8 Å². The Bertz CT molecular complexity index is 482. The Balaban J connectivity index is 2.05. The lowest BCUT2D eigenvalue weighted by Gasteiger charge is -2.26. The summed E-state index contributed by atoms with van der Waals surface area (Å²) >= 11 is 0. The van der Waals surface area contributed by atoms with Gasteiger partial charge in [-0.1, -0.05) is 18.2 Å². The van der Waals surface area contributed by atoms with E-state index in [0.717, 1.165) is 13.0 Å². The summed E-state index contributed by atoms with van der Waals surface area (Å²) in [5.41, 5.74) is 3.79. The minimum absolute atomic E-state index is 0.429. The second-order valence-electron chi connectivity index (χ2n) is 4.03. The van der Waals surface area contributed by atoms with E-state index < -0.39 is 0 Å². The zero-order chi connectivity index (χ0) is 10.8. The van der Waals surface area contributed by atoms with Crippen LogP contribution in [0, 0.1) is 0 Å². The molecule has 1 aromatic heterocycles. The average Bonchev–Trinajstić information content (AvgIpc) is 2.39. The Morgan fingerprint density at radius 3 is 2.81 bits per heavy atom. The van der Waals surface area contributed by atoms with Gasteiger partial charge >= 0.3 is 0 Å².